The lowest BCUT2D eigenvalue weighted by Crippen LogP contribution is -2.28. The molecule has 0 saturated heterocycles. The van der Waals surface area contributed by atoms with Gasteiger partial charge in [0.05, 0.1) is 5.02 Å². The smallest absolute Gasteiger partial charge is 0.256 e. The predicted molar refractivity (Wildman–Crippen MR) is 114 cm³/mol. The van der Waals surface area contributed by atoms with E-state index in [0.717, 1.165) is 19.3 Å². The molecule has 2 amide bonds. The van der Waals surface area contributed by atoms with Gasteiger partial charge in [-0.3, -0.25) is 9.59 Å². The number of aryl methyl sites for hydroxylation is 1. The molecule has 5 nitrogen and oxygen atoms in total. The Morgan fingerprint density at radius 1 is 0.966 bits per heavy atom. The highest BCUT2D eigenvalue weighted by molar-refractivity contribution is 6.30. The maximum absolute atomic E-state index is 12.7. The van der Waals surface area contributed by atoms with E-state index in [4.69, 9.17) is 11.6 Å². The van der Waals surface area contributed by atoms with Crippen molar-refractivity contribution < 1.29 is 9.59 Å². The summed E-state index contributed by atoms with van der Waals surface area (Å²) in [6.45, 7) is 0. The van der Waals surface area contributed by atoms with Gasteiger partial charge in [-0.1, -0.05) is 41.9 Å². The standard InChI is InChI=1S/C23H20ClN3O2/c24-19-10-11-21(25-14-19)27-23(29)17-6-3-7-20(13-17)26-22(28)18-9-8-15-4-1-2-5-16(15)12-18/h1-7,10-11,13-14,18H,8-9,12H2,(H,26,28)(H,25,27,29). The molecule has 4 rings (SSSR count). The van der Waals surface area contributed by atoms with Crippen LogP contribution < -0.4 is 10.6 Å². The molecule has 0 bridgehead atoms. The summed E-state index contributed by atoms with van der Waals surface area (Å²) >= 11 is 5.81. The number of rotatable bonds is 4. The molecule has 0 aliphatic heterocycles. The minimum atomic E-state index is -0.303. The van der Waals surface area contributed by atoms with Gasteiger partial charge < -0.3 is 10.6 Å². The molecule has 1 aliphatic carbocycles. The van der Waals surface area contributed by atoms with E-state index in [2.05, 4.69) is 27.8 Å². The van der Waals surface area contributed by atoms with E-state index >= 15 is 0 Å². The van der Waals surface area contributed by atoms with Crippen LogP contribution in [0.25, 0.3) is 0 Å². The van der Waals surface area contributed by atoms with Crippen molar-refractivity contribution in [1.82, 2.24) is 4.98 Å². The monoisotopic (exact) mass is 405 g/mol. The summed E-state index contributed by atoms with van der Waals surface area (Å²) < 4.78 is 0. The molecule has 2 N–H and O–H groups in total. The second-order valence-corrected chi connectivity index (χ2v) is 7.53. The second-order valence-electron chi connectivity index (χ2n) is 7.09. The third kappa shape index (κ3) is 4.63. The SMILES string of the molecule is O=C(Nc1ccc(Cl)cn1)c1cccc(NC(=O)C2CCc3ccccc3C2)c1. The first-order valence-electron chi connectivity index (χ1n) is 9.49. The topological polar surface area (TPSA) is 71.1 Å². The number of nitrogens with one attached hydrogen (secondary N) is 2. The molecule has 6 heteroatoms. The van der Waals surface area contributed by atoms with Crippen LogP contribution in [0.3, 0.4) is 0 Å². The van der Waals surface area contributed by atoms with E-state index in [1.165, 1.54) is 17.3 Å². The lowest BCUT2D eigenvalue weighted by Gasteiger charge is -2.23. The third-order valence-corrected chi connectivity index (χ3v) is 5.30. The molecule has 0 fully saturated rings. The fraction of sp³-hybridized carbons (Fsp3) is 0.174. The molecule has 0 spiro atoms. The molecule has 1 atom stereocenters. The Labute approximate surface area is 174 Å². The highest BCUT2D eigenvalue weighted by Crippen LogP contribution is 2.26. The predicted octanol–water partition coefficient (Wildman–Crippen LogP) is 4.73. The van der Waals surface area contributed by atoms with Crippen molar-refractivity contribution >= 4 is 34.9 Å². The number of carbonyl (C=O) groups is 2. The highest BCUT2D eigenvalue weighted by atomic mass is 35.5. The molecule has 1 unspecified atom stereocenters. The van der Waals surface area contributed by atoms with Gasteiger partial charge in [0.25, 0.3) is 5.91 Å². The third-order valence-electron chi connectivity index (χ3n) is 5.08. The number of pyridine rings is 1. The molecule has 1 heterocycles. The Morgan fingerprint density at radius 2 is 1.79 bits per heavy atom. The Bertz CT molecular complexity index is 1050. The largest absolute Gasteiger partial charge is 0.326 e. The van der Waals surface area contributed by atoms with Gasteiger partial charge in [-0.2, -0.15) is 0 Å². The average molecular weight is 406 g/mol. The lowest BCUT2D eigenvalue weighted by molar-refractivity contribution is -0.120. The summed E-state index contributed by atoms with van der Waals surface area (Å²) in [5, 5.41) is 6.17. The number of aromatic nitrogens is 1. The Morgan fingerprint density at radius 3 is 2.59 bits per heavy atom. The van der Waals surface area contributed by atoms with Crippen LogP contribution in [0.15, 0.2) is 66.9 Å². The van der Waals surface area contributed by atoms with Crippen molar-refractivity contribution in [1.29, 1.82) is 0 Å². The van der Waals surface area contributed by atoms with Crippen molar-refractivity contribution in [2.24, 2.45) is 5.92 Å². The van der Waals surface area contributed by atoms with Crippen molar-refractivity contribution in [3.8, 4) is 0 Å². The van der Waals surface area contributed by atoms with Crippen LogP contribution in [0.1, 0.15) is 27.9 Å². The Balaban J connectivity index is 1.41. The van der Waals surface area contributed by atoms with E-state index in [1.54, 1.807) is 36.4 Å². The van der Waals surface area contributed by atoms with E-state index in [0.29, 0.717) is 22.1 Å². The lowest BCUT2D eigenvalue weighted by atomic mass is 9.83. The normalized spacial score (nSPS) is 15.3. The number of nitrogens with zero attached hydrogens (tertiary/aromatic N) is 1. The van der Waals surface area contributed by atoms with E-state index in [1.807, 2.05) is 12.1 Å². The maximum atomic E-state index is 12.7. The number of benzene rings is 2. The maximum Gasteiger partial charge on any atom is 0.256 e. The zero-order valence-electron chi connectivity index (χ0n) is 15.7. The number of fused-ring (bicyclic) bond motifs is 1. The quantitative estimate of drug-likeness (QED) is 0.659. The van der Waals surface area contributed by atoms with Crippen LogP contribution in [-0.2, 0) is 17.6 Å². The van der Waals surface area contributed by atoms with Gasteiger partial charge in [0, 0.05) is 23.4 Å². The van der Waals surface area contributed by atoms with Gasteiger partial charge in [-0.25, -0.2) is 4.98 Å². The number of anilines is 2. The number of halogens is 1. The Hall–Kier alpha value is -3.18. The molecular formula is C23H20ClN3O2. The van der Waals surface area contributed by atoms with Crippen molar-refractivity contribution in [2.75, 3.05) is 10.6 Å². The van der Waals surface area contributed by atoms with Gasteiger partial charge in [-0.05, 0) is 60.7 Å². The molecule has 1 aliphatic rings. The van der Waals surface area contributed by atoms with Gasteiger partial charge in [0.15, 0.2) is 0 Å². The van der Waals surface area contributed by atoms with Crippen LogP contribution in [0.4, 0.5) is 11.5 Å². The van der Waals surface area contributed by atoms with Gasteiger partial charge in [-0.15, -0.1) is 0 Å². The summed E-state index contributed by atoms with van der Waals surface area (Å²) in [5.41, 5.74) is 3.60. The number of hydrogen-bond acceptors (Lipinski definition) is 3. The van der Waals surface area contributed by atoms with E-state index in [9.17, 15) is 9.59 Å². The second kappa shape index (κ2) is 8.45. The molecule has 146 valence electrons. The summed E-state index contributed by atoms with van der Waals surface area (Å²) in [6, 6.07) is 18.4. The highest BCUT2D eigenvalue weighted by Gasteiger charge is 2.24. The number of carbonyl (C=O) groups excluding carboxylic acids is 2. The van der Waals surface area contributed by atoms with Crippen LogP contribution in [-0.4, -0.2) is 16.8 Å². The fourth-order valence-corrected chi connectivity index (χ4v) is 3.65. The minimum Gasteiger partial charge on any atom is -0.326 e. The van der Waals surface area contributed by atoms with E-state index in [-0.39, 0.29) is 17.7 Å². The average Bonchev–Trinajstić information content (AvgIpc) is 2.75. The number of amides is 2. The molecule has 0 radical (unpaired) electrons. The number of hydrogen-bond donors (Lipinski definition) is 2. The van der Waals surface area contributed by atoms with Gasteiger partial charge in [0.2, 0.25) is 5.91 Å². The first kappa shape index (κ1) is 19.2. The minimum absolute atomic E-state index is 0.0172. The summed E-state index contributed by atoms with van der Waals surface area (Å²) in [6.07, 6.45) is 3.94. The van der Waals surface area contributed by atoms with Crippen molar-refractivity contribution in [3.63, 3.8) is 0 Å². The van der Waals surface area contributed by atoms with Crippen LogP contribution in [0.5, 0.6) is 0 Å². The molecule has 3 aromatic rings. The molecule has 29 heavy (non-hydrogen) atoms. The summed E-state index contributed by atoms with van der Waals surface area (Å²) in [4.78, 5) is 29.3. The van der Waals surface area contributed by atoms with Gasteiger partial charge in [0.1, 0.15) is 5.82 Å². The van der Waals surface area contributed by atoms with Crippen molar-refractivity contribution in [3.05, 3.63) is 88.6 Å². The first-order chi connectivity index (χ1) is 14.1. The molecular weight excluding hydrogens is 386 g/mol. The molecule has 1 aromatic heterocycles. The molecule has 0 saturated carbocycles. The zero-order valence-corrected chi connectivity index (χ0v) is 16.4. The fourth-order valence-electron chi connectivity index (χ4n) is 3.54. The van der Waals surface area contributed by atoms with Crippen LogP contribution in [0, 0.1) is 5.92 Å². The molecule has 2 aromatic carbocycles. The van der Waals surface area contributed by atoms with E-state index < -0.39 is 0 Å². The van der Waals surface area contributed by atoms with Gasteiger partial charge >= 0.3 is 0 Å². The van der Waals surface area contributed by atoms with Crippen molar-refractivity contribution in [2.45, 2.75) is 19.3 Å². The first-order valence-corrected chi connectivity index (χ1v) is 9.87. The zero-order chi connectivity index (χ0) is 20.2. The Kier molecular flexibility index (Phi) is 5.58. The van der Waals surface area contributed by atoms with Crippen LogP contribution in [0.2, 0.25) is 5.02 Å². The summed E-state index contributed by atoms with van der Waals surface area (Å²) in [7, 11) is 0. The summed E-state index contributed by atoms with van der Waals surface area (Å²) in [5.74, 6) is 0.0225. The van der Waals surface area contributed by atoms with Crippen LogP contribution >= 0.6 is 11.6 Å².